The van der Waals surface area contributed by atoms with Crippen LogP contribution in [0.25, 0.3) is 0 Å². The minimum atomic E-state index is -0.527. The Bertz CT molecular complexity index is 382. The second-order valence-electron chi connectivity index (χ2n) is 3.53. The zero-order chi connectivity index (χ0) is 12.1. The molecule has 0 amide bonds. The molecule has 1 aromatic heterocycles. The van der Waals surface area contributed by atoms with Crippen LogP contribution in [-0.4, -0.2) is 16.0 Å². The standard InChI is InChI=1S/C10H15N3O3/c1-3-4-7(2)16-10-8(13(14)15)5-6-9(11)12-10/h5-7H,3-4H2,1-2H3,(H2,11,12). The van der Waals surface area contributed by atoms with E-state index in [9.17, 15) is 10.1 Å². The summed E-state index contributed by atoms with van der Waals surface area (Å²) in [6.07, 6.45) is 1.64. The highest BCUT2D eigenvalue weighted by molar-refractivity contribution is 5.46. The van der Waals surface area contributed by atoms with Gasteiger partial charge in [-0.15, -0.1) is 0 Å². The van der Waals surface area contributed by atoms with Crippen LogP contribution in [0.1, 0.15) is 26.7 Å². The molecule has 0 fully saturated rings. The number of hydrogen-bond donors (Lipinski definition) is 1. The molecule has 1 unspecified atom stereocenters. The zero-order valence-electron chi connectivity index (χ0n) is 9.34. The predicted octanol–water partition coefficient (Wildman–Crippen LogP) is 2.14. The van der Waals surface area contributed by atoms with Crippen molar-refractivity contribution in [3.63, 3.8) is 0 Å². The molecule has 0 aliphatic heterocycles. The van der Waals surface area contributed by atoms with E-state index in [4.69, 9.17) is 10.5 Å². The van der Waals surface area contributed by atoms with Crippen molar-refractivity contribution in [3.8, 4) is 5.88 Å². The highest BCUT2D eigenvalue weighted by atomic mass is 16.6. The Balaban J connectivity index is 2.92. The van der Waals surface area contributed by atoms with Crippen molar-refractivity contribution in [2.75, 3.05) is 5.73 Å². The maximum Gasteiger partial charge on any atom is 0.331 e. The molecule has 6 nitrogen and oxygen atoms in total. The topological polar surface area (TPSA) is 91.3 Å². The Morgan fingerprint density at radius 2 is 2.31 bits per heavy atom. The molecule has 0 saturated heterocycles. The maximum atomic E-state index is 10.7. The van der Waals surface area contributed by atoms with Crippen molar-refractivity contribution in [1.29, 1.82) is 0 Å². The summed E-state index contributed by atoms with van der Waals surface area (Å²) in [5, 5.41) is 10.7. The van der Waals surface area contributed by atoms with Gasteiger partial charge in [-0.1, -0.05) is 13.3 Å². The van der Waals surface area contributed by atoms with Gasteiger partial charge in [0, 0.05) is 6.07 Å². The molecule has 2 N–H and O–H groups in total. The molecule has 16 heavy (non-hydrogen) atoms. The van der Waals surface area contributed by atoms with Gasteiger partial charge < -0.3 is 10.5 Å². The summed E-state index contributed by atoms with van der Waals surface area (Å²) in [4.78, 5) is 14.0. The van der Waals surface area contributed by atoms with Gasteiger partial charge >= 0.3 is 5.69 Å². The van der Waals surface area contributed by atoms with Gasteiger partial charge in [0.05, 0.1) is 11.0 Å². The lowest BCUT2D eigenvalue weighted by molar-refractivity contribution is -0.386. The van der Waals surface area contributed by atoms with Crippen molar-refractivity contribution < 1.29 is 9.66 Å². The Morgan fingerprint density at radius 3 is 2.88 bits per heavy atom. The number of nitro groups is 1. The van der Waals surface area contributed by atoms with Crippen LogP contribution in [-0.2, 0) is 0 Å². The average Bonchev–Trinajstić information content (AvgIpc) is 2.17. The van der Waals surface area contributed by atoms with E-state index in [0.29, 0.717) is 0 Å². The predicted molar refractivity (Wildman–Crippen MR) is 60.3 cm³/mol. The summed E-state index contributed by atoms with van der Waals surface area (Å²) in [6, 6.07) is 2.69. The minimum Gasteiger partial charge on any atom is -0.470 e. The number of aromatic nitrogens is 1. The van der Waals surface area contributed by atoms with Crippen LogP contribution in [0, 0.1) is 10.1 Å². The van der Waals surface area contributed by atoms with Crippen LogP contribution >= 0.6 is 0 Å². The van der Waals surface area contributed by atoms with E-state index in [2.05, 4.69) is 4.98 Å². The Morgan fingerprint density at radius 1 is 1.62 bits per heavy atom. The Labute approximate surface area is 93.6 Å². The van der Waals surface area contributed by atoms with Gasteiger partial charge in [0.15, 0.2) is 0 Å². The number of nitrogens with zero attached hydrogens (tertiary/aromatic N) is 2. The van der Waals surface area contributed by atoms with Crippen LogP contribution in [0.15, 0.2) is 12.1 Å². The van der Waals surface area contributed by atoms with Crippen LogP contribution in [0.3, 0.4) is 0 Å². The Kier molecular flexibility index (Phi) is 4.04. The highest BCUT2D eigenvalue weighted by Gasteiger charge is 2.18. The molecule has 1 atom stereocenters. The number of rotatable bonds is 5. The fourth-order valence-electron chi connectivity index (χ4n) is 1.33. The largest absolute Gasteiger partial charge is 0.470 e. The summed E-state index contributed by atoms with van der Waals surface area (Å²) in [5.41, 5.74) is 5.31. The SMILES string of the molecule is CCCC(C)Oc1nc(N)ccc1[N+](=O)[O-]. The Hall–Kier alpha value is -1.85. The molecule has 1 rings (SSSR count). The maximum absolute atomic E-state index is 10.7. The van der Waals surface area contributed by atoms with Gasteiger partial charge in [-0.25, -0.2) is 0 Å². The summed E-state index contributed by atoms with van der Waals surface area (Å²) in [6.45, 7) is 3.86. The summed E-state index contributed by atoms with van der Waals surface area (Å²) < 4.78 is 5.40. The number of nitrogen functional groups attached to an aromatic ring is 1. The number of pyridine rings is 1. The second kappa shape index (κ2) is 5.29. The summed E-state index contributed by atoms with van der Waals surface area (Å²) in [5.74, 6) is 0.204. The first-order valence-corrected chi connectivity index (χ1v) is 5.12. The van der Waals surface area contributed by atoms with E-state index in [1.165, 1.54) is 12.1 Å². The zero-order valence-corrected chi connectivity index (χ0v) is 9.34. The molecule has 0 aliphatic rings. The molecule has 1 aromatic rings. The third-order valence-electron chi connectivity index (χ3n) is 2.07. The van der Waals surface area contributed by atoms with E-state index < -0.39 is 4.92 Å². The third kappa shape index (κ3) is 3.08. The molecular formula is C10H15N3O3. The normalized spacial score (nSPS) is 12.1. The molecule has 0 aliphatic carbocycles. The third-order valence-corrected chi connectivity index (χ3v) is 2.07. The second-order valence-corrected chi connectivity index (χ2v) is 3.53. The number of ether oxygens (including phenoxy) is 1. The molecular weight excluding hydrogens is 210 g/mol. The molecule has 0 bridgehead atoms. The fraction of sp³-hybridized carbons (Fsp3) is 0.500. The average molecular weight is 225 g/mol. The van der Waals surface area contributed by atoms with E-state index in [1.807, 2.05) is 13.8 Å². The van der Waals surface area contributed by atoms with Crippen molar-refractivity contribution >= 4 is 11.5 Å². The smallest absolute Gasteiger partial charge is 0.331 e. The molecule has 88 valence electrons. The summed E-state index contributed by atoms with van der Waals surface area (Å²) in [7, 11) is 0. The molecule has 0 spiro atoms. The van der Waals surface area contributed by atoms with Crippen LogP contribution in [0.5, 0.6) is 5.88 Å². The first kappa shape index (κ1) is 12.2. The van der Waals surface area contributed by atoms with Crippen molar-refractivity contribution in [1.82, 2.24) is 4.98 Å². The lowest BCUT2D eigenvalue weighted by Crippen LogP contribution is -2.13. The molecule has 0 radical (unpaired) electrons. The van der Waals surface area contributed by atoms with Crippen molar-refractivity contribution in [3.05, 3.63) is 22.2 Å². The van der Waals surface area contributed by atoms with E-state index in [1.54, 1.807) is 0 Å². The molecule has 6 heteroatoms. The number of hydrogen-bond acceptors (Lipinski definition) is 5. The monoisotopic (exact) mass is 225 g/mol. The lowest BCUT2D eigenvalue weighted by atomic mass is 10.2. The summed E-state index contributed by atoms with van der Waals surface area (Å²) >= 11 is 0. The van der Waals surface area contributed by atoms with Gasteiger partial charge in [0.1, 0.15) is 5.82 Å². The molecule has 0 saturated carbocycles. The number of nitrogens with two attached hydrogens (primary N) is 1. The van der Waals surface area contributed by atoms with Gasteiger partial charge in [0.2, 0.25) is 0 Å². The molecule has 1 heterocycles. The van der Waals surface area contributed by atoms with Gasteiger partial charge in [-0.05, 0) is 19.4 Å². The lowest BCUT2D eigenvalue weighted by Gasteiger charge is -2.12. The van der Waals surface area contributed by atoms with E-state index in [-0.39, 0.29) is 23.5 Å². The first-order valence-electron chi connectivity index (χ1n) is 5.12. The van der Waals surface area contributed by atoms with Crippen LogP contribution in [0.2, 0.25) is 0 Å². The fourth-order valence-corrected chi connectivity index (χ4v) is 1.33. The molecule has 0 aromatic carbocycles. The quantitative estimate of drug-likeness (QED) is 0.612. The van der Waals surface area contributed by atoms with Crippen LogP contribution in [0.4, 0.5) is 11.5 Å². The minimum absolute atomic E-state index is 0.00838. The van der Waals surface area contributed by atoms with Gasteiger partial charge in [-0.3, -0.25) is 10.1 Å². The van der Waals surface area contributed by atoms with Gasteiger partial charge in [0.25, 0.3) is 5.88 Å². The van der Waals surface area contributed by atoms with Crippen molar-refractivity contribution in [2.45, 2.75) is 32.8 Å². The number of anilines is 1. The van der Waals surface area contributed by atoms with E-state index >= 15 is 0 Å². The van der Waals surface area contributed by atoms with E-state index in [0.717, 1.165) is 12.8 Å². The highest BCUT2D eigenvalue weighted by Crippen LogP contribution is 2.26. The van der Waals surface area contributed by atoms with Crippen LogP contribution < -0.4 is 10.5 Å². The first-order chi connectivity index (χ1) is 7.54. The van der Waals surface area contributed by atoms with Gasteiger partial charge in [-0.2, -0.15) is 4.98 Å². The van der Waals surface area contributed by atoms with Crippen molar-refractivity contribution in [2.24, 2.45) is 0 Å².